The number of hydrogen-bond donors (Lipinski definition) is 1. The van der Waals surface area contributed by atoms with E-state index in [1.807, 2.05) is 0 Å². The summed E-state index contributed by atoms with van der Waals surface area (Å²) < 4.78 is 0. The van der Waals surface area contributed by atoms with E-state index in [0.29, 0.717) is 0 Å². The Morgan fingerprint density at radius 1 is 0.556 bits per heavy atom. The standard InChI is InChI=1S/C17H36.H3N/c1-5-12-16(7-3)14-10-9-11-15-17(8-4)13-6-2;/h16-17H,5-15H2,1-4H3;1H3. The molecule has 2 atom stereocenters. The first-order valence-electron chi connectivity index (χ1n) is 8.28. The summed E-state index contributed by atoms with van der Waals surface area (Å²) in [6, 6.07) is 0. The molecule has 2 unspecified atom stereocenters. The van der Waals surface area contributed by atoms with Gasteiger partial charge in [-0.15, -0.1) is 0 Å². The Hall–Kier alpha value is -0.0400. The summed E-state index contributed by atoms with van der Waals surface area (Å²) in [6.45, 7) is 9.35. The molecule has 0 aromatic carbocycles. The molecular weight excluding hydrogens is 218 g/mol. The van der Waals surface area contributed by atoms with Gasteiger partial charge in [0.1, 0.15) is 0 Å². The van der Waals surface area contributed by atoms with Gasteiger partial charge in [0.2, 0.25) is 0 Å². The second-order valence-corrected chi connectivity index (χ2v) is 5.76. The lowest BCUT2D eigenvalue weighted by molar-refractivity contribution is 0.383. The van der Waals surface area contributed by atoms with Crippen LogP contribution in [-0.2, 0) is 0 Å². The van der Waals surface area contributed by atoms with Crippen LogP contribution in [0.2, 0.25) is 0 Å². The van der Waals surface area contributed by atoms with Crippen LogP contribution in [0.25, 0.3) is 0 Å². The van der Waals surface area contributed by atoms with Crippen LogP contribution < -0.4 is 6.15 Å². The first-order valence-corrected chi connectivity index (χ1v) is 8.28. The third-order valence-corrected chi connectivity index (χ3v) is 4.27. The highest BCUT2D eigenvalue weighted by molar-refractivity contribution is 4.60. The summed E-state index contributed by atoms with van der Waals surface area (Å²) in [6.07, 6.45) is 15.8. The van der Waals surface area contributed by atoms with Gasteiger partial charge in [0.15, 0.2) is 0 Å². The topological polar surface area (TPSA) is 35.0 Å². The zero-order chi connectivity index (χ0) is 12.9. The van der Waals surface area contributed by atoms with Gasteiger partial charge < -0.3 is 6.15 Å². The highest BCUT2D eigenvalue weighted by Crippen LogP contribution is 2.22. The van der Waals surface area contributed by atoms with Crippen molar-refractivity contribution in [2.45, 2.75) is 98.3 Å². The SMILES string of the molecule is CCCC(CC)CCCCCC(CC)CCC.N. The Morgan fingerprint density at radius 2 is 0.944 bits per heavy atom. The van der Waals surface area contributed by atoms with E-state index in [0.717, 1.165) is 11.8 Å². The van der Waals surface area contributed by atoms with E-state index in [1.165, 1.54) is 70.6 Å². The van der Waals surface area contributed by atoms with Crippen LogP contribution in [0.15, 0.2) is 0 Å². The van der Waals surface area contributed by atoms with Gasteiger partial charge in [0.05, 0.1) is 0 Å². The third-order valence-electron chi connectivity index (χ3n) is 4.27. The van der Waals surface area contributed by atoms with E-state index in [-0.39, 0.29) is 6.15 Å². The molecule has 112 valence electrons. The highest BCUT2D eigenvalue weighted by atomic mass is 14.1. The molecule has 0 saturated carbocycles. The van der Waals surface area contributed by atoms with Crippen molar-refractivity contribution in [3.8, 4) is 0 Å². The van der Waals surface area contributed by atoms with E-state index in [1.54, 1.807) is 0 Å². The first-order chi connectivity index (χ1) is 8.28. The summed E-state index contributed by atoms with van der Waals surface area (Å²) in [5.74, 6) is 2.02. The Bertz CT molecular complexity index is 129. The zero-order valence-corrected chi connectivity index (χ0v) is 13.6. The second-order valence-electron chi connectivity index (χ2n) is 5.76. The molecule has 0 fully saturated rings. The molecule has 0 spiro atoms. The molecular formula is C17H39N. The number of unbranched alkanes of at least 4 members (excludes halogenated alkanes) is 2. The summed E-state index contributed by atoms with van der Waals surface area (Å²) in [5, 5.41) is 0. The van der Waals surface area contributed by atoms with Crippen molar-refractivity contribution in [3.63, 3.8) is 0 Å². The van der Waals surface area contributed by atoms with Gasteiger partial charge in [-0.1, -0.05) is 98.3 Å². The summed E-state index contributed by atoms with van der Waals surface area (Å²) in [7, 11) is 0. The first kappa shape index (κ1) is 20.3. The molecule has 0 bridgehead atoms. The van der Waals surface area contributed by atoms with E-state index in [4.69, 9.17) is 0 Å². The maximum Gasteiger partial charge on any atom is -0.0417 e. The molecule has 1 heteroatoms. The minimum absolute atomic E-state index is 0. The molecule has 0 heterocycles. The van der Waals surface area contributed by atoms with Gasteiger partial charge in [-0.2, -0.15) is 0 Å². The highest BCUT2D eigenvalue weighted by Gasteiger charge is 2.06. The van der Waals surface area contributed by atoms with Crippen molar-refractivity contribution in [1.82, 2.24) is 6.15 Å². The molecule has 0 aliphatic carbocycles. The maximum absolute atomic E-state index is 2.36. The van der Waals surface area contributed by atoms with Gasteiger partial charge in [0, 0.05) is 0 Å². The van der Waals surface area contributed by atoms with Gasteiger partial charge >= 0.3 is 0 Å². The molecule has 0 aliphatic rings. The normalized spacial score (nSPS) is 14.0. The Labute approximate surface area is 117 Å². The molecule has 0 rings (SSSR count). The van der Waals surface area contributed by atoms with Crippen LogP contribution in [0.1, 0.15) is 98.3 Å². The van der Waals surface area contributed by atoms with Crippen LogP contribution >= 0.6 is 0 Å². The van der Waals surface area contributed by atoms with Crippen molar-refractivity contribution in [3.05, 3.63) is 0 Å². The Kier molecular flexibility index (Phi) is 16.9. The van der Waals surface area contributed by atoms with Gasteiger partial charge in [-0.3, -0.25) is 0 Å². The third kappa shape index (κ3) is 11.1. The fourth-order valence-corrected chi connectivity index (χ4v) is 2.96. The lowest BCUT2D eigenvalue weighted by atomic mass is 9.91. The minimum Gasteiger partial charge on any atom is -0.344 e. The van der Waals surface area contributed by atoms with Crippen LogP contribution in [0, 0.1) is 11.8 Å². The Balaban J connectivity index is 0. The summed E-state index contributed by atoms with van der Waals surface area (Å²) >= 11 is 0. The molecule has 0 radical (unpaired) electrons. The predicted octanol–water partition coefficient (Wildman–Crippen LogP) is 6.75. The average molecular weight is 258 g/mol. The fourth-order valence-electron chi connectivity index (χ4n) is 2.96. The van der Waals surface area contributed by atoms with E-state index < -0.39 is 0 Å². The van der Waals surface area contributed by atoms with E-state index >= 15 is 0 Å². The van der Waals surface area contributed by atoms with Crippen molar-refractivity contribution >= 4 is 0 Å². The van der Waals surface area contributed by atoms with Crippen LogP contribution in [0.5, 0.6) is 0 Å². The molecule has 0 aromatic heterocycles. The van der Waals surface area contributed by atoms with Gasteiger partial charge in [0.25, 0.3) is 0 Å². The number of rotatable bonds is 12. The fraction of sp³-hybridized carbons (Fsp3) is 1.00. The quantitative estimate of drug-likeness (QED) is 0.385. The predicted molar refractivity (Wildman–Crippen MR) is 85.5 cm³/mol. The van der Waals surface area contributed by atoms with Crippen molar-refractivity contribution in [2.24, 2.45) is 11.8 Å². The monoisotopic (exact) mass is 257 g/mol. The Morgan fingerprint density at radius 3 is 1.22 bits per heavy atom. The molecule has 0 amide bonds. The van der Waals surface area contributed by atoms with Gasteiger partial charge in [-0.25, -0.2) is 0 Å². The minimum atomic E-state index is 0. The summed E-state index contributed by atoms with van der Waals surface area (Å²) in [5.41, 5.74) is 0. The molecule has 3 N–H and O–H groups in total. The van der Waals surface area contributed by atoms with Crippen LogP contribution in [0.4, 0.5) is 0 Å². The van der Waals surface area contributed by atoms with Crippen molar-refractivity contribution < 1.29 is 0 Å². The van der Waals surface area contributed by atoms with E-state index in [9.17, 15) is 0 Å². The van der Waals surface area contributed by atoms with Crippen LogP contribution in [-0.4, -0.2) is 0 Å². The second kappa shape index (κ2) is 15.0. The van der Waals surface area contributed by atoms with Gasteiger partial charge in [-0.05, 0) is 11.8 Å². The molecule has 18 heavy (non-hydrogen) atoms. The van der Waals surface area contributed by atoms with E-state index in [2.05, 4.69) is 27.7 Å². The maximum atomic E-state index is 2.36. The van der Waals surface area contributed by atoms with Crippen molar-refractivity contribution in [1.29, 1.82) is 0 Å². The summed E-state index contributed by atoms with van der Waals surface area (Å²) in [4.78, 5) is 0. The molecule has 0 aromatic rings. The smallest absolute Gasteiger partial charge is 0.0417 e. The number of hydrogen-bond acceptors (Lipinski definition) is 1. The largest absolute Gasteiger partial charge is 0.344 e. The average Bonchev–Trinajstić information content (AvgIpc) is 2.35. The zero-order valence-electron chi connectivity index (χ0n) is 13.6. The molecule has 0 saturated heterocycles. The lowest BCUT2D eigenvalue weighted by Crippen LogP contribution is -2.00. The van der Waals surface area contributed by atoms with Crippen molar-refractivity contribution in [2.75, 3.05) is 0 Å². The molecule has 1 nitrogen and oxygen atoms in total. The molecule has 0 aliphatic heterocycles. The van der Waals surface area contributed by atoms with Crippen LogP contribution in [0.3, 0.4) is 0 Å². The lowest BCUT2D eigenvalue weighted by Gasteiger charge is -2.15.